The van der Waals surface area contributed by atoms with Crippen molar-refractivity contribution >= 4 is 55.8 Å². The van der Waals surface area contributed by atoms with Crippen LogP contribution in [0.5, 0.6) is 0 Å². The molecule has 0 aromatic heterocycles. The fourth-order valence-electron chi connectivity index (χ4n) is 2.52. The average molecular weight is 583 g/mol. The number of nitrogens with zero attached hydrogens (tertiary/aromatic N) is 2. The van der Waals surface area contributed by atoms with Crippen molar-refractivity contribution in [3.8, 4) is 0 Å². The Morgan fingerprint density at radius 3 is 1.83 bits per heavy atom. The molecule has 0 spiro atoms. The van der Waals surface area contributed by atoms with Crippen molar-refractivity contribution in [3.63, 3.8) is 0 Å². The minimum Gasteiger partial charge on any atom is -0.443 e. The van der Waals surface area contributed by atoms with Gasteiger partial charge in [-0.15, -0.1) is 0 Å². The molecule has 2 aliphatic rings. The Bertz CT molecular complexity index is 1000. The number of hydrogen-bond donors (Lipinski definition) is 0. The topological polar surface area (TPSA) is 110 Å². The molecule has 36 heavy (non-hydrogen) atoms. The van der Waals surface area contributed by atoms with E-state index < -0.39 is 35.3 Å². The van der Waals surface area contributed by atoms with E-state index in [2.05, 4.69) is 29.2 Å². The third kappa shape index (κ3) is 13.8. The number of carbonyl (C=O) groups is 3. The predicted molar refractivity (Wildman–Crippen MR) is 150 cm³/mol. The highest BCUT2D eigenvalue weighted by Gasteiger charge is 2.33. The smallest absolute Gasteiger partial charge is 0.417 e. The molecular weight excluding hydrogens is 542 g/mol. The van der Waals surface area contributed by atoms with E-state index in [-0.39, 0.29) is 19.8 Å². The van der Waals surface area contributed by atoms with Crippen molar-refractivity contribution in [3.05, 3.63) is 48.7 Å². The van der Waals surface area contributed by atoms with E-state index in [1.165, 1.54) is 11.0 Å². The molecule has 202 valence electrons. The molecule has 0 aromatic rings. The maximum absolute atomic E-state index is 12.0. The summed E-state index contributed by atoms with van der Waals surface area (Å²) in [7, 11) is 5.70. The first-order valence-corrected chi connectivity index (χ1v) is 14.2. The van der Waals surface area contributed by atoms with Gasteiger partial charge in [0.05, 0.1) is 12.1 Å². The zero-order valence-corrected chi connectivity index (χ0v) is 25.0. The molecule has 0 saturated carbocycles. The SMILES string of the molecule is O=S=P.O=S=P.[3H]C[C@@H]1C(C=C)=CC(=C)N1C(=O)OC(C)(C)C.[3H]C[C@@H]1C=CC(=O)N1C(=O)OC(C)(C)C. The van der Waals surface area contributed by atoms with Crippen LogP contribution >= 0.6 is 16.0 Å². The van der Waals surface area contributed by atoms with Crippen molar-refractivity contribution in [1.29, 1.82) is 0 Å². The van der Waals surface area contributed by atoms with Crippen LogP contribution in [0.3, 0.4) is 0 Å². The first-order valence-electron chi connectivity index (χ1n) is 11.7. The molecule has 0 unspecified atom stereocenters. The molecule has 2 heterocycles. The molecule has 9 nitrogen and oxygen atoms in total. The van der Waals surface area contributed by atoms with Crippen LogP contribution in [0.15, 0.2) is 48.7 Å². The van der Waals surface area contributed by atoms with E-state index in [0.717, 1.165) is 10.5 Å². The summed E-state index contributed by atoms with van der Waals surface area (Å²) in [6.45, 7) is 18.1. The van der Waals surface area contributed by atoms with Crippen LogP contribution in [-0.2, 0) is 36.0 Å². The molecule has 2 atom stereocenters. The van der Waals surface area contributed by atoms with E-state index in [9.17, 15) is 14.4 Å². The fraction of sp³-hybridized carbons (Fsp3) is 0.522. The number of ether oxygens (including phenoxy) is 2. The summed E-state index contributed by atoms with van der Waals surface area (Å²) >= 11 is 0. The van der Waals surface area contributed by atoms with Gasteiger partial charge in [0.25, 0.3) is 5.91 Å². The van der Waals surface area contributed by atoms with Crippen LogP contribution in [0, 0.1) is 0 Å². The van der Waals surface area contributed by atoms with E-state index in [0.29, 0.717) is 27.4 Å². The quantitative estimate of drug-likeness (QED) is 0.377. The number of amides is 3. The number of imide groups is 1. The maximum atomic E-state index is 12.0. The summed E-state index contributed by atoms with van der Waals surface area (Å²) in [5, 5.41) is 0. The summed E-state index contributed by atoms with van der Waals surface area (Å²) < 4.78 is 42.6. The van der Waals surface area contributed by atoms with Gasteiger partial charge in [0, 0.05) is 14.5 Å². The van der Waals surface area contributed by atoms with Crippen LogP contribution in [0.4, 0.5) is 9.59 Å². The highest BCUT2D eigenvalue weighted by molar-refractivity contribution is 7.93. The lowest BCUT2D eigenvalue weighted by Crippen LogP contribution is -2.41. The molecule has 0 bridgehead atoms. The minimum absolute atomic E-state index is 0.0402. The van der Waals surface area contributed by atoms with Gasteiger partial charge in [-0.1, -0.05) is 25.3 Å². The molecule has 0 fully saturated rings. The molecule has 2 aliphatic heterocycles. The second kappa shape index (κ2) is 16.5. The minimum atomic E-state index is -0.685. The Hall–Kier alpha value is -2.19. The van der Waals surface area contributed by atoms with Crippen LogP contribution in [0.1, 0.15) is 58.1 Å². The Balaban J connectivity index is 0. The summed E-state index contributed by atoms with van der Waals surface area (Å²) in [6, 6.07) is -0.831. The molecule has 0 aliphatic carbocycles. The Labute approximate surface area is 227 Å². The van der Waals surface area contributed by atoms with Gasteiger partial charge in [-0.05, 0) is 83.0 Å². The number of rotatable bonds is 1. The van der Waals surface area contributed by atoms with Gasteiger partial charge in [-0.2, -0.15) is 0 Å². The van der Waals surface area contributed by atoms with E-state index in [1.807, 2.05) is 0 Å². The summed E-state index contributed by atoms with van der Waals surface area (Å²) in [4.78, 5) is 37.3. The third-order valence-corrected chi connectivity index (χ3v) is 3.79. The lowest BCUT2D eigenvalue weighted by Gasteiger charge is -2.28. The van der Waals surface area contributed by atoms with Gasteiger partial charge in [0.15, 0.2) is 0 Å². The average Bonchev–Trinajstić information content (AvgIpc) is 3.31. The van der Waals surface area contributed by atoms with Gasteiger partial charge < -0.3 is 9.47 Å². The predicted octanol–water partition coefficient (Wildman–Crippen LogP) is 5.47. The summed E-state index contributed by atoms with van der Waals surface area (Å²) in [6.07, 6.45) is 5.09. The highest BCUT2D eigenvalue weighted by atomic mass is 32.4. The van der Waals surface area contributed by atoms with Crippen LogP contribution in [-0.4, -0.2) is 59.6 Å². The molecular formula is C23H36N2O7P2S2. The molecule has 0 radical (unpaired) electrons. The zero-order valence-electron chi connectivity index (χ0n) is 23.4. The Morgan fingerprint density at radius 2 is 1.47 bits per heavy atom. The van der Waals surface area contributed by atoms with Gasteiger partial charge >= 0.3 is 12.2 Å². The largest absolute Gasteiger partial charge is 0.443 e. The van der Waals surface area contributed by atoms with Crippen molar-refractivity contribution in [2.24, 2.45) is 0 Å². The maximum Gasteiger partial charge on any atom is 0.417 e. The summed E-state index contributed by atoms with van der Waals surface area (Å²) in [5.74, 6) is -0.415. The highest BCUT2D eigenvalue weighted by Crippen LogP contribution is 2.28. The molecule has 0 N–H and O–H groups in total. The van der Waals surface area contributed by atoms with E-state index in [1.54, 1.807) is 59.8 Å². The first-order chi connectivity index (χ1) is 17.5. The fourth-order valence-corrected chi connectivity index (χ4v) is 2.52. The second-order valence-corrected chi connectivity index (χ2v) is 10.3. The van der Waals surface area contributed by atoms with E-state index in [4.69, 9.17) is 20.6 Å². The van der Waals surface area contributed by atoms with Gasteiger partial charge in [-0.25, -0.2) is 22.9 Å². The Kier molecular flexibility index (Phi) is 14.6. The number of hydrogen-bond acceptors (Lipinski definition) is 7. The Morgan fingerprint density at radius 1 is 1.03 bits per heavy atom. The van der Waals surface area contributed by atoms with E-state index >= 15 is 0 Å². The standard InChI is InChI=1S/C13H19NO2.C10H15NO3.2HOPS/c1-7-11-8-9(2)14(10(11)3)12(15)16-13(4,5)6;1-7-5-6-8(12)11(7)9(13)14-10(2,3)4;2*1-3-2/h7-8,10H,1-2H2,3-6H3;5-7H,1-4H3;2*2H/t10-;7-;;/m11../s1/i3T;1T;;. The number of carbonyl (C=O) groups excluding carboxylic acids is 3. The van der Waals surface area contributed by atoms with Gasteiger partial charge in [0.2, 0.25) is 0 Å². The second-order valence-electron chi connectivity index (χ2n) is 8.99. The molecule has 0 saturated heterocycles. The van der Waals surface area contributed by atoms with Crippen LogP contribution < -0.4 is 0 Å². The van der Waals surface area contributed by atoms with Gasteiger partial charge in [-0.3, -0.25) is 9.69 Å². The lowest BCUT2D eigenvalue weighted by atomic mass is 10.1. The van der Waals surface area contributed by atoms with Crippen molar-refractivity contribution in [2.75, 3.05) is 0 Å². The van der Waals surface area contributed by atoms with Crippen LogP contribution in [0.25, 0.3) is 0 Å². The first kappa shape index (κ1) is 31.8. The van der Waals surface area contributed by atoms with Gasteiger partial charge in [0.1, 0.15) is 32.9 Å². The van der Waals surface area contributed by atoms with Crippen molar-refractivity contribution in [2.45, 2.75) is 78.6 Å². The molecule has 13 heteroatoms. The van der Waals surface area contributed by atoms with Crippen molar-refractivity contribution < 1.29 is 35.0 Å². The lowest BCUT2D eigenvalue weighted by molar-refractivity contribution is -0.125. The molecule has 3 amide bonds. The zero-order chi connectivity index (χ0) is 30.3. The number of allylic oxidation sites excluding steroid dienone is 1. The van der Waals surface area contributed by atoms with Crippen molar-refractivity contribution in [1.82, 2.24) is 9.80 Å². The normalized spacial score (nSPS) is 19.0. The summed E-state index contributed by atoms with van der Waals surface area (Å²) in [5.41, 5.74) is 0.190. The monoisotopic (exact) mass is 582 g/mol. The molecule has 2 rings (SSSR count). The van der Waals surface area contributed by atoms with Crippen LogP contribution in [0.2, 0.25) is 0 Å². The molecule has 0 aromatic carbocycles. The third-order valence-electron chi connectivity index (χ3n) is 3.79.